The summed E-state index contributed by atoms with van der Waals surface area (Å²) >= 11 is 0. The Kier molecular flexibility index (Phi) is 3.24. The van der Waals surface area contributed by atoms with E-state index in [-0.39, 0.29) is 5.82 Å². The summed E-state index contributed by atoms with van der Waals surface area (Å²) in [6.07, 6.45) is 5.05. The predicted molar refractivity (Wildman–Crippen MR) is 58.6 cm³/mol. The van der Waals surface area contributed by atoms with Gasteiger partial charge in [-0.1, -0.05) is 25.0 Å². The van der Waals surface area contributed by atoms with Gasteiger partial charge in [-0.15, -0.1) is 0 Å². The molecule has 1 saturated carbocycles. The second-order valence-corrected chi connectivity index (χ2v) is 4.35. The number of rotatable bonds is 3. The van der Waals surface area contributed by atoms with Crippen LogP contribution in [0.4, 0.5) is 4.39 Å². The van der Waals surface area contributed by atoms with Crippen molar-refractivity contribution in [1.29, 1.82) is 0 Å². The van der Waals surface area contributed by atoms with Crippen LogP contribution in [0.1, 0.15) is 31.2 Å². The van der Waals surface area contributed by atoms with Gasteiger partial charge in [0.2, 0.25) is 0 Å². The fourth-order valence-corrected chi connectivity index (χ4v) is 2.12. The quantitative estimate of drug-likeness (QED) is 0.736. The maximum Gasteiger partial charge on any atom is 0.167 e. The lowest BCUT2D eigenvalue weighted by atomic mass is 10.1. The van der Waals surface area contributed by atoms with Crippen LogP contribution in [0, 0.1) is 18.7 Å². The Morgan fingerprint density at radius 1 is 1.33 bits per heavy atom. The van der Waals surface area contributed by atoms with Crippen molar-refractivity contribution in [3.05, 3.63) is 29.6 Å². The van der Waals surface area contributed by atoms with Crippen molar-refractivity contribution in [2.45, 2.75) is 32.6 Å². The molecule has 1 aliphatic carbocycles. The van der Waals surface area contributed by atoms with E-state index in [4.69, 9.17) is 4.74 Å². The highest BCUT2D eigenvalue weighted by Crippen LogP contribution is 2.26. The van der Waals surface area contributed by atoms with E-state index in [9.17, 15) is 4.39 Å². The minimum absolute atomic E-state index is 0.213. The number of halogens is 1. The molecular formula is C13H17FO. The largest absolute Gasteiger partial charge is 0.490 e. The molecule has 0 aromatic heterocycles. The van der Waals surface area contributed by atoms with Crippen LogP contribution in [0.25, 0.3) is 0 Å². The van der Waals surface area contributed by atoms with Gasteiger partial charge >= 0.3 is 0 Å². The minimum Gasteiger partial charge on any atom is -0.490 e. The van der Waals surface area contributed by atoms with Crippen molar-refractivity contribution in [3.8, 4) is 5.75 Å². The third kappa shape index (κ3) is 2.49. The molecular weight excluding hydrogens is 191 g/mol. The van der Waals surface area contributed by atoms with Crippen molar-refractivity contribution in [2.24, 2.45) is 5.92 Å². The van der Waals surface area contributed by atoms with E-state index < -0.39 is 0 Å². The molecule has 0 saturated heterocycles. The molecule has 2 heteroatoms. The van der Waals surface area contributed by atoms with Crippen molar-refractivity contribution in [1.82, 2.24) is 0 Å². The van der Waals surface area contributed by atoms with Gasteiger partial charge in [-0.05, 0) is 37.3 Å². The molecule has 2 rings (SSSR count). The number of benzene rings is 1. The molecule has 0 spiro atoms. The first-order valence-corrected chi connectivity index (χ1v) is 5.65. The molecule has 1 fully saturated rings. The zero-order valence-electron chi connectivity index (χ0n) is 9.13. The van der Waals surface area contributed by atoms with Crippen molar-refractivity contribution < 1.29 is 9.13 Å². The molecule has 0 radical (unpaired) electrons. The zero-order valence-corrected chi connectivity index (χ0v) is 9.13. The van der Waals surface area contributed by atoms with E-state index in [1.807, 2.05) is 6.07 Å². The lowest BCUT2D eigenvalue weighted by Gasteiger charge is -2.12. The van der Waals surface area contributed by atoms with Gasteiger partial charge in [0.05, 0.1) is 6.61 Å². The van der Waals surface area contributed by atoms with E-state index in [1.165, 1.54) is 25.7 Å². The Bertz CT molecular complexity index is 329. The second-order valence-electron chi connectivity index (χ2n) is 4.35. The topological polar surface area (TPSA) is 9.23 Å². The third-order valence-electron chi connectivity index (χ3n) is 3.11. The molecule has 0 atom stereocenters. The van der Waals surface area contributed by atoms with Crippen LogP contribution in [0.5, 0.6) is 5.75 Å². The first-order chi connectivity index (χ1) is 7.27. The summed E-state index contributed by atoms with van der Waals surface area (Å²) in [5.41, 5.74) is 0.652. The maximum atomic E-state index is 13.6. The zero-order chi connectivity index (χ0) is 10.7. The van der Waals surface area contributed by atoms with Gasteiger partial charge in [0.15, 0.2) is 11.6 Å². The number of hydrogen-bond acceptors (Lipinski definition) is 1. The molecule has 1 aliphatic rings. The normalized spacial score (nSPS) is 16.9. The van der Waals surface area contributed by atoms with E-state index >= 15 is 0 Å². The van der Waals surface area contributed by atoms with Crippen molar-refractivity contribution in [3.63, 3.8) is 0 Å². The van der Waals surface area contributed by atoms with Crippen LogP contribution in [0.15, 0.2) is 18.2 Å². The summed E-state index contributed by atoms with van der Waals surface area (Å²) in [6.45, 7) is 2.43. The molecule has 1 aromatic rings. The Hall–Kier alpha value is -1.05. The van der Waals surface area contributed by atoms with Gasteiger partial charge in [-0.3, -0.25) is 0 Å². The van der Waals surface area contributed by atoms with Gasteiger partial charge in [-0.2, -0.15) is 0 Å². The molecule has 0 unspecified atom stereocenters. The highest BCUT2D eigenvalue weighted by molar-refractivity contribution is 5.30. The summed E-state index contributed by atoms with van der Waals surface area (Å²) in [7, 11) is 0. The van der Waals surface area contributed by atoms with Gasteiger partial charge in [-0.25, -0.2) is 4.39 Å². The molecule has 82 valence electrons. The van der Waals surface area contributed by atoms with Gasteiger partial charge < -0.3 is 4.74 Å². The molecule has 1 aromatic carbocycles. The molecule has 0 heterocycles. The minimum atomic E-state index is -0.213. The Labute approximate surface area is 90.3 Å². The van der Waals surface area contributed by atoms with Gasteiger partial charge in [0.25, 0.3) is 0 Å². The first-order valence-electron chi connectivity index (χ1n) is 5.65. The Balaban J connectivity index is 1.95. The number of ether oxygens (including phenoxy) is 1. The summed E-state index contributed by atoms with van der Waals surface area (Å²) in [6, 6.07) is 5.30. The maximum absolute atomic E-state index is 13.6. The molecule has 0 amide bonds. The lowest BCUT2D eigenvalue weighted by Crippen LogP contribution is -2.09. The van der Waals surface area contributed by atoms with Crippen LogP contribution in [0.2, 0.25) is 0 Å². The van der Waals surface area contributed by atoms with E-state index in [2.05, 4.69) is 0 Å². The fourth-order valence-electron chi connectivity index (χ4n) is 2.12. The van der Waals surface area contributed by atoms with E-state index in [0.717, 1.165) is 0 Å². The SMILES string of the molecule is Cc1cccc(OCC2CCCC2)c1F. The summed E-state index contributed by atoms with van der Waals surface area (Å²) in [4.78, 5) is 0. The summed E-state index contributed by atoms with van der Waals surface area (Å²) in [5, 5.41) is 0. The van der Waals surface area contributed by atoms with Crippen LogP contribution < -0.4 is 4.74 Å². The molecule has 0 aliphatic heterocycles. The van der Waals surface area contributed by atoms with Crippen molar-refractivity contribution in [2.75, 3.05) is 6.61 Å². The summed E-state index contributed by atoms with van der Waals surface area (Å²) in [5.74, 6) is 0.822. The van der Waals surface area contributed by atoms with Crippen LogP contribution in [0.3, 0.4) is 0 Å². The summed E-state index contributed by atoms with van der Waals surface area (Å²) < 4.78 is 19.1. The standard InChI is InChI=1S/C13H17FO/c1-10-5-4-8-12(13(10)14)15-9-11-6-2-3-7-11/h4-5,8,11H,2-3,6-7,9H2,1H3. The van der Waals surface area contributed by atoms with Crippen LogP contribution >= 0.6 is 0 Å². The third-order valence-corrected chi connectivity index (χ3v) is 3.11. The Morgan fingerprint density at radius 2 is 2.07 bits per heavy atom. The van der Waals surface area contributed by atoms with Crippen molar-refractivity contribution >= 4 is 0 Å². The Morgan fingerprint density at radius 3 is 2.80 bits per heavy atom. The van der Waals surface area contributed by atoms with Gasteiger partial charge in [0.1, 0.15) is 0 Å². The molecule has 0 N–H and O–H groups in total. The highest BCUT2D eigenvalue weighted by Gasteiger charge is 2.16. The van der Waals surface area contributed by atoms with Crippen LogP contribution in [-0.2, 0) is 0 Å². The average Bonchev–Trinajstić information content (AvgIpc) is 2.73. The van der Waals surface area contributed by atoms with E-state index in [1.54, 1.807) is 19.1 Å². The lowest BCUT2D eigenvalue weighted by molar-refractivity contribution is 0.241. The molecule has 1 nitrogen and oxygen atoms in total. The second kappa shape index (κ2) is 4.65. The average molecular weight is 208 g/mol. The predicted octanol–water partition coefficient (Wildman–Crippen LogP) is 3.70. The van der Waals surface area contributed by atoms with E-state index in [0.29, 0.717) is 23.8 Å². The highest BCUT2D eigenvalue weighted by atomic mass is 19.1. The fraction of sp³-hybridized carbons (Fsp3) is 0.538. The van der Waals surface area contributed by atoms with Gasteiger partial charge in [0, 0.05) is 0 Å². The number of hydrogen-bond donors (Lipinski definition) is 0. The number of aryl methyl sites for hydroxylation is 1. The monoisotopic (exact) mass is 208 g/mol. The molecule has 15 heavy (non-hydrogen) atoms. The molecule has 0 bridgehead atoms. The smallest absolute Gasteiger partial charge is 0.167 e. The first kappa shape index (κ1) is 10.5. The van der Waals surface area contributed by atoms with Crippen LogP contribution in [-0.4, -0.2) is 6.61 Å².